The molecule has 0 radical (unpaired) electrons. The number of fused-ring (bicyclic) bond motifs is 2. The summed E-state index contributed by atoms with van der Waals surface area (Å²) >= 11 is 0. The standard InChI is InChI=1S/C25H28FN3O2/c26-22-5-3-4-19(15-22)24(30)28-11-9-18-14-20(7-8-21(18)16-28)25(31)29-13-12-27-10-2-1-6-23(27)17-29/h3-5,7-8,14-15,23H,1-2,6,9-13,16-17H2. The van der Waals surface area contributed by atoms with Crippen LogP contribution in [0.4, 0.5) is 4.39 Å². The maximum Gasteiger partial charge on any atom is 0.254 e. The van der Waals surface area contributed by atoms with Gasteiger partial charge in [0.05, 0.1) is 0 Å². The second kappa shape index (κ2) is 8.42. The Bertz CT molecular complexity index is 1010. The number of hydrogen-bond donors (Lipinski definition) is 0. The van der Waals surface area contributed by atoms with Gasteiger partial charge in [-0.25, -0.2) is 4.39 Å². The molecule has 1 unspecified atom stereocenters. The van der Waals surface area contributed by atoms with Gasteiger partial charge in [-0.3, -0.25) is 14.5 Å². The highest BCUT2D eigenvalue weighted by Crippen LogP contribution is 2.25. The Morgan fingerprint density at radius 3 is 2.55 bits per heavy atom. The monoisotopic (exact) mass is 421 g/mol. The fourth-order valence-corrected chi connectivity index (χ4v) is 5.19. The molecule has 0 spiro atoms. The van der Waals surface area contributed by atoms with Crippen molar-refractivity contribution in [3.8, 4) is 0 Å². The van der Waals surface area contributed by atoms with Gasteiger partial charge >= 0.3 is 0 Å². The van der Waals surface area contributed by atoms with E-state index in [2.05, 4.69) is 4.90 Å². The molecular formula is C25H28FN3O2. The Hall–Kier alpha value is -2.73. The molecule has 3 aliphatic rings. The van der Waals surface area contributed by atoms with E-state index in [9.17, 15) is 14.0 Å². The van der Waals surface area contributed by atoms with Crippen LogP contribution in [0, 0.1) is 5.82 Å². The number of nitrogens with zero attached hydrogens (tertiary/aromatic N) is 3. The third-order valence-corrected chi connectivity index (χ3v) is 6.95. The summed E-state index contributed by atoms with van der Waals surface area (Å²) in [5.41, 5.74) is 3.31. The van der Waals surface area contributed by atoms with Crippen molar-refractivity contribution in [2.24, 2.45) is 0 Å². The molecule has 6 heteroatoms. The molecular weight excluding hydrogens is 393 g/mol. The molecule has 2 aromatic rings. The largest absolute Gasteiger partial charge is 0.336 e. The van der Waals surface area contributed by atoms with Crippen molar-refractivity contribution in [1.82, 2.24) is 14.7 Å². The lowest BCUT2D eigenvalue weighted by molar-refractivity contribution is 0.0372. The summed E-state index contributed by atoms with van der Waals surface area (Å²) in [5, 5.41) is 0. The fourth-order valence-electron chi connectivity index (χ4n) is 5.19. The van der Waals surface area contributed by atoms with Gasteiger partial charge in [0.25, 0.3) is 11.8 Å². The van der Waals surface area contributed by atoms with Crippen LogP contribution in [0.3, 0.4) is 0 Å². The lowest BCUT2D eigenvalue weighted by Crippen LogP contribution is -2.56. The van der Waals surface area contributed by atoms with Gasteiger partial charge in [0.2, 0.25) is 0 Å². The Morgan fingerprint density at radius 2 is 1.68 bits per heavy atom. The molecule has 162 valence electrons. The number of piperazine rings is 1. The zero-order valence-electron chi connectivity index (χ0n) is 17.7. The summed E-state index contributed by atoms with van der Waals surface area (Å²) in [7, 11) is 0. The fraction of sp³-hybridized carbons (Fsp3) is 0.440. The number of halogens is 1. The molecule has 3 heterocycles. The molecule has 0 bridgehead atoms. The van der Waals surface area contributed by atoms with E-state index in [4.69, 9.17) is 0 Å². The molecule has 5 rings (SSSR count). The third-order valence-electron chi connectivity index (χ3n) is 6.95. The first kappa shape index (κ1) is 20.2. The highest BCUT2D eigenvalue weighted by Gasteiger charge is 2.32. The van der Waals surface area contributed by atoms with Crippen molar-refractivity contribution in [3.63, 3.8) is 0 Å². The predicted octanol–water partition coefficient (Wildman–Crippen LogP) is 3.33. The van der Waals surface area contributed by atoms with E-state index in [-0.39, 0.29) is 11.8 Å². The first-order valence-corrected chi connectivity index (χ1v) is 11.3. The Balaban J connectivity index is 1.27. The molecule has 1 atom stereocenters. The van der Waals surface area contributed by atoms with Crippen molar-refractivity contribution in [2.75, 3.05) is 32.7 Å². The van der Waals surface area contributed by atoms with E-state index in [1.807, 2.05) is 23.1 Å². The number of rotatable bonds is 2. The van der Waals surface area contributed by atoms with Gasteiger partial charge in [-0.1, -0.05) is 18.6 Å². The minimum Gasteiger partial charge on any atom is -0.336 e. The number of amides is 2. The zero-order chi connectivity index (χ0) is 21.4. The second-order valence-electron chi connectivity index (χ2n) is 8.91. The van der Waals surface area contributed by atoms with E-state index < -0.39 is 5.82 Å². The molecule has 2 saturated heterocycles. The lowest BCUT2D eigenvalue weighted by Gasteiger charge is -2.44. The zero-order valence-corrected chi connectivity index (χ0v) is 17.7. The third kappa shape index (κ3) is 4.09. The van der Waals surface area contributed by atoms with Gasteiger partial charge < -0.3 is 9.80 Å². The SMILES string of the molecule is O=C(c1cccc(F)c1)N1CCc2cc(C(=O)N3CCN4CCCCC4C3)ccc2C1. The smallest absolute Gasteiger partial charge is 0.254 e. The lowest BCUT2D eigenvalue weighted by atomic mass is 9.95. The molecule has 0 aromatic heterocycles. The van der Waals surface area contributed by atoms with Crippen LogP contribution < -0.4 is 0 Å². The second-order valence-corrected chi connectivity index (χ2v) is 8.91. The van der Waals surface area contributed by atoms with E-state index in [0.717, 1.165) is 42.9 Å². The first-order chi connectivity index (χ1) is 15.1. The van der Waals surface area contributed by atoms with Crippen LogP contribution in [0.2, 0.25) is 0 Å². The Labute approximate surface area is 182 Å². The van der Waals surface area contributed by atoms with E-state index >= 15 is 0 Å². The summed E-state index contributed by atoms with van der Waals surface area (Å²) in [6.45, 7) is 4.81. The average Bonchev–Trinajstić information content (AvgIpc) is 2.82. The molecule has 2 amide bonds. The molecule has 0 saturated carbocycles. The van der Waals surface area contributed by atoms with Crippen LogP contribution >= 0.6 is 0 Å². The van der Waals surface area contributed by atoms with Crippen molar-refractivity contribution in [3.05, 3.63) is 70.5 Å². The van der Waals surface area contributed by atoms with E-state index in [1.54, 1.807) is 17.0 Å². The predicted molar refractivity (Wildman–Crippen MR) is 116 cm³/mol. The molecule has 5 nitrogen and oxygen atoms in total. The summed E-state index contributed by atoms with van der Waals surface area (Å²) in [5.74, 6) is -0.442. The van der Waals surface area contributed by atoms with Gasteiger partial charge in [-0.2, -0.15) is 0 Å². The highest BCUT2D eigenvalue weighted by atomic mass is 19.1. The summed E-state index contributed by atoms with van der Waals surface area (Å²) < 4.78 is 13.5. The van der Waals surface area contributed by atoms with Crippen molar-refractivity contribution < 1.29 is 14.0 Å². The van der Waals surface area contributed by atoms with Crippen LogP contribution in [-0.4, -0.2) is 65.3 Å². The van der Waals surface area contributed by atoms with E-state index in [0.29, 0.717) is 31.1 Å². The first-order valence-electron chi connectivity index (χ1n) is 11.3. The van der Waals surface area contributed by atoms with Crippen LogP contribution in [0.15, 0.2) is 42.5 Å². The molecule has 0 N–H and O–H groups in total. The maximum atomic E-state index is 13.5. The quantitative estimate of drug-likeness (QED) is 0.747. The van der Waals surface area contributed by atoms with Crippen LogP contribution in [0.5, 0.6) is 0 Å². The molecule has 2 fully saturated rings. The number of piperidine rings is 1. The summed E-state index contributed by atoms with van der Waals surface area (Å²) in [4.78, 5) is 32.2. The summed E-state index contributed by atoms with van der Waals surface area (Å²) in [6.07, 6.45) is 4.41. The topological polar surface area (TPSA) is 43.9 Å². The van der Waals surface area contributed by atoms with Crippen LogP contribution in [-0.2, 0) is 13.0 Å². The average molecular weight is 422 g/mol. The molecule has 0 aliphatic carbocycles. The number of carbonyl (C=O) groups is 2. The normalized spacial score (nSPS) is 21.4. The summed E-state index contributed by atoms with van der Waals surface area (Å²) in [6, 6.07) is 12.2. The van der Waals surface area contributed by atoms with Gasteiger partial charge in [-0.15, -0.1) is 0 Å². The Kier molecular flexibility index (Phi) is 5.48. The number of carbonyl (C=O) groups excluding carboxylic acids is 2. The highest BCUT2D eigenvalue weighted by molar-refractivity contribution is 5.95. The van der Waals surface area contributed by atoms with Crippen LogP contribution in [0.1, 0.15) is 51.1 Å². The number of hydrogen-bond acceptors (Lipinski definition) is 3. The van der Waals surface area contributed by atoms with Crippen molar-refractivity contribution >= 4 is 11.8 Å². The number of benzene rings is 2. The Morgan fingerprint density at radius 1 is 0.839 bits per heavy atom. The van der Waals surface area contributed by atoms with Crippen molar-refractivity contribution in [1.29, 1.82) is 0 Å². The van der Waals surface area contributed by atoms with Crippen LogP contribution in [0.25, 0.3) is 0 Å². The van der Waals surface area contributed by atoms with Gasteiger partial charge in [0, 0.05) is 49.9 Å². The molecule has 2 aromatic carbocycles. The van der Waals surface area contributed by atoms with Gasteiger partial charge in [-0.05, 0) is 67.3 Å². The maximum absolute atomic E-state index is 13.5. The minimum absolute atomic E-state index is 0.117. The van der Waals surface area contributed by atoms with E-state index in [1.165, 1.54) is 31.4 Å². The van der Waals surface area contributed by atoms with Gasteiger partial charge in [0.1, 0.15) is 5.82 Å². The van der Waals surface area contributed by atoms with Crippen molar-refractivity contribution in [2.45, 2.75) is 38.3 Å². The molecule has 31 heavy (non-hydrogen) atoms. The van der Waals surface area contributed by atoms with Gasteiger partial charge in [0.15, 0.2) is 0 Å². The minimum atomic E-state index is -0.402. The molecule has 3 aliphatic heterocycles.